The maximum Gasteiger partial charge on any atom is 0.228 e. The molecule has 4 nitrogen and oxygen atoms in total. The number of aromatic nitrogens is 1. The average Bonchev–Trinajstić information content (AvgIpc) is 2.89. The van der Waals surface area contributed by atoms with Gasteiger partial charge in [-0.2, -0.15) is 0 Å². The number of anilines is 1. The summed E-state index contributed by atoms with van der Waals surface area (Å²) in [5.41, 5.74) is 2.32. The maximum absolute atomic E-state index is 13.4. The molecule has 3 rings (SSSR count). The van der Waals surface area contributed by atoms with Crippen LogP contribution in [0.3, 0.4) is 0 Å². The van der Waals surface area contributed by atoms with E-state index in [1.165, 1.54) is 18.5 Å². The Kier molecular flexibility index (Phi) is 3.16. The first-order valence-corrected chi connectivity index (χ1v) is 6.09. The Morgan fingerprint density at radius 1 is 1.25 bits per heavy atom. The van der Waals surface area contributed by atoms with Gasteiger partial charge in [0.2, 0.25) is 5.91 Å². The minimum atomic E-state index is -0.452. The van der Waals surface area contributed by atoms with Gasteiger partial charge in [-0.1, -0.05) is 18.2 Å². The summed E-state index contributed by atoms with van der Waals surface area (Å²) in [6.07, 6.45) is 1.50. The summed E-state index contributed by atoms with van der Waals surface area (Å²) in [6.45, 7) is 0. The Labute approximate surface area is 114 Å². The van der Waals surface area contributed by atoms with Crippen molar-refractivity contribution >= 4 is 22.7 Å². The molecule has 0 aliphatic rings. The predicted octanol–water partition coefficient (Wildman–Crippen LogP) is 3.15. The number of nitrogens with one attached hydrogen (secondary N) is 1. The van der Waals surface area contributed by atoms with Crippen LogP contribution in [0.1, 0.15) is 5.56 Å². The fourth-order valence-corrected chi connectivity index (χ4v) is 1.95. The molecule has 0 unspecified atom stereocenters. The fraction of sp³-hybridized carbons (Fsp3) is 0.0667. The standard InChI is InChI=1S/C15H11FN2O2/c16-11-3-1-2-4-12(11)18-15(19)8-10-5-6-13-14(7-10)20-9-17-13/h1-7,9H,8H2,(H,18,19). The van der Waals surface area contributed by atoms with Gasteiger partial charge < -0.3 is 9.73 Å². The Morgan fingerprint density at radius 2 is 2.10 bits per heavy atom. The van der Waals surface area contributed by atoms with E-state index in [-0.39, 0.29) is 18.0 Å². The smallest absolute Gasteiger partial charge is 0.228 e. The molecule has 0 saturated carbocycles. The number of para-hydroxylation sites is 1. The predicted molar refractivity (Wildman–Crippen MR) is 72.7 cm³/mol. The molecule has 5 heteroatoms. The Morgan fingerprint density at radius 3 is 2.95 bits per heavy atom. The molecule has 1 aromatic heterocycles. The van der Waals surface area contributed by atoms with Crippen LogP contribution in [-0.4, -0.2) is 10.9 Å². The van der Waals surface area contributed by atoms with E-state index in [4.69, 9.17) is 4.42 Å². The summed E-state index contributed by atoms with van der Waals surface area (Å²) in [5.74, 6) is -0.736. The average molecular weight is 270 g/mol. The number of nitrogens with zero attached hydrogens (tertiary/aromatic N) is 1. The molecule has 1 N–H and O–H groups in total. The van der Waals surface area contributed by atoms with Crippen LogP contribution in [0.5, 0.6) is 0 Å². The molecule has 0 bridgehead atoms. The first-order valence-electron chi connectivity index (χ1n) is 6.09. The Balaban J connectivity index is 1.74. The normalized spacial score (nSPS) is 10.7. The minimum absolute atomic E-state index is 0.144. The third-order valence-corrected chi connectivity index (χ3v) is 2.91. The molecule has 1 heterocycles. The van der Waals surface area contributed by atoms with Gasteiger partial charge in [0.15, 0.2) is 12.0 Å². The van der Waals surface area contributed by atoms with Crippen LogP contribution in [0.25, 0.3) is 11.1 Å². The summed E-state index contributed by atoms with van der Waals surface area (Å²) < 4.78 is 18.6. The lowest BCUT2D eigenvalue weighted by Crippen LogP contribution is -2.15. The van der Waals surface area contributed by atoms with Crippen LogP contribution in [0.2, 0.25) is 0 Å². The zero-order valence-corrected chi connectivity index (χ0v) is 10.5. The van der Waals surface area contributed by atoms with Crippen LogP contribution in [0.4, 0.5) is 10.1 Å². The van der Waals surface area contributed by atoms with Crippen LogP contribution >= 0.6 is 0 Å². The third kappa shape index (κ3) is 2.51. The molecular weight excluding hydrogens is 259 g/mol. The molecule has 0 saturated heterocycles. The number of oxazole rings is 1. The highest BCUT2D eigenvalue weighted by Crippen LogP contribution is 2.16. The zero-order valence-electron chi connectivity index (χ0n) is 10.5. The van der Waals surface area contributed by atoms with E-state index in [9.17, 15) is 9.18 Å². The lowest BCUT2D eigenvalue weighted by Gasteiger charge is -2.06. The largest absolute Gasteiger partial charge is 0.443 e. The van der Waals surface area contributed by atoms with Gasteiger partial charge in [-0.25, -0.2) is 9.37 Å². The third-order valence-electron chi connectivity index (χ3n) is 2.91. The second-order valence-corrected chi connectivity index (χ2v) is 4.36. The van der Waals surface area contributed by atoms with E-state index in [1.807, 2.05) is 0 Å². The maximum atomic E-state index is 13.4. The highest BCUT2D eigenvalue weighted by molar-refractivity contribution is 5.92. The zero-order chi connectivity index (χ0) is 13.9. The van der Waals surface area contributed by atoms with Gasteiger partial charge in [-0.3, -0.25) is 4.79 Å². The van der Waals surface area contributed by atoms with Crippen molar-refractivity contribution in [1.29, 1.82) is 0 Å². The van der Waals surface area contributed by atoms with Crippen molar-refractivity contribution in [2.24, 2.45) is 0 Å². The number of rotatable bonds is 3. The molecule has 100 valence electrons. The highest BCUT2D eigenvalue weighted by atomic mass is 19.1. The van der Waals surface area contributed by atoms with Gasteiger partial charge in [0, 0.05) is 0 Å². The molecule has 1 amide bonds. The van der Waals surface area contributed by atoms with Crippen LogP contribution in [0, 0.1) is 5.82 Å². The number of halogens is 1. The second kappa shape index (κ2) is 5.13. The molecule has 0 radical (unpaired) electrons. The van der Waals surface area contributed by atoms with Gasteiger partial charge in [0.25, 0.3) is 0 Å². The van der Waals surface area contributed by atoms with E-state index in [2.05, 4.69) is 10.3 Å². The van der Waals surface area contributed by atoms with E-state index in [1.54, 1.807) is 30.3 Å². The first-order chi connectivity index (χ1) is 9.72. The van der Waals surface area contributed by atoms with E-state index >= 15 is 0 Å². The van der Waals surface area contributed by atoms with Crippen LogP contribution < -0.4 is 5.32 Å². The summed E-state index contributed by atoms with van der Waals surface area (Å²) in [5, 5.41) is 2.54. The highest BCUT2D eigenvalue weighted by Gasteiger charge is 2.08. The first kappa shape index (κ1) is 12.3. The molecule has 0 atom stereocenters. The SMILES string of the molecule is O=C(Cc1ccc2ncoc2c1)Nc1ccccc1F. The van der Waals surface area contributed by atoms with E-state index in [0.29, 0.717) is 5.58 Å². The molecule has 2 aromatic carbocycles. The number of hydrogen-bond acceptors (Lipinski definition) is 3. The number of benzene rings is 2. The molecule has 0 aliphatic carbocycles. The Bertz CT molecular complexity index is 767. The molecule has 3 aromatic rings. The van der Waals surface area contributed by atoms with Crippen molar-refractivity contribution in [1.82, 2.24) is 4.98 Å². The topological polar surface area (TPSA) is 55.1 Å². The van der Waals surface area contributed by atoms with Crippen molar-refractivity contribution in [3.8, 4) is 0 Å². The van der Waals surface area contributed by atoms with Crippen LogP contribution in [-0.2, 0) is 11.2 Å². The lowest BCUT2D eigenvalue weighted by atomic mass is 10.1. The van der Waals surface area contributed by atoms with Gasteiger partial charge in [0.1, 0.15) is 11.3 Å². The van der Waals surface area contributed by atoms with Gasteiger partial charge in [-0.05, 0) is 29.8 Å². The molecule has 20 heavy (non-hydrogen) atoms. The number of hydrogen-bond donors (Lipinski definition) is 1. The number of amides is 1. The van der Waals surface area contributed by atoms with Crippen molar-refractivity contribution in [2.75, 3.05) is 5.32 Å². The summed E-state index contributed by atoms with van der Waals surface area (Å²) in [4.78, 5) is 15.9. The van der Waals surface area contributed by atoms with Crippen molar-refractivity contribution in [3.63, 3.8) is 0 Å². The van der Waals surface area contributed by atoms with Crippen LogP contribution in [0.15, 0.2) is 53.3 Å². The van der Waals surface area contributed by atoms with E-state index in [0.717, 1.165) is 11.1 Å². The fourth-order valence-electron chi connectivity index (χ4n) is 1.95. The molecule has 0 fully saturated rings. The number of fused-ring (bicyclic) bond motifs is 1. The van der Waals surface area contributed by atoms with E-state index < -0.39 is 5.82 Å². The summed E-state index contributed by atoms with van der Waals surface area (Å²) >= 11 is 0. The second-order valence-electron chi connectivity index (χ2n) is 4.36. The quantitative estimate of drug-likeness (QED) is 0.795. The molecule has 0 spiro atoms. The Hall–Kier alpha value is -2.69. The van der Waals surface area contributed by atoms with Gasteiger partial charge >= 0.3 is 0 Å². The summed E-state index contributed by atoms with van der Waals surface area (Å²) in [7, 11) is 0. The molecular formula is C15H11FN2O2. The van der Waals surface area contributed by atoms with Crippen molar-refractivity contribution in [3.05, 3.63) is 60.2 Å². The van der Waals surface area contributed by atoms with Crippen molar-refractivity contribution < 1.29 is 13.6 Å². The van der Waals surface area contributed by atoms with Gasteiger partial charge in [-0.15, -0.1) is 0 Å². The number of carbonyl (C=O) groups excluding carboxylic acids is 1. The van der Waals surface area contributed by atoms with Crippen molar-refractivity contribution in [2.45, 2.75) is 6.42 Å². The summed E-state index contributed by atoms with van der Waals surface area (Å²) in [6, 6.07) is 11.4. The monoisotopic (exact) mass is 270 g/mol. The lowest BCUT2D eigenvalue weighted by molar-refractivity contribution is -0.115. The molecule has 0 aliphatic heterocycles. The minimum Gasteiger partial charge on any atom is -0.443 e. The number of carbonyl (C=O) groups is 1. The van der Waals surface area contributed by atoms with Gasteiger partial charge in [0.05, 0.1) is 12.1 Å².